The maximum Gasteiger partial charge on any atom is 0.223 e. The van der Waals surface area contributed by atoms with Crippen LogP contribution in [0.25, 0.3) is 0 Å². The lowest BCUT2D eigenvalue weighted by Gasteiger charge is -2.19. The van der Waals surface area contributed by atoms with Gasteiger partial charge in [0, 0.05) is 38.0 Å². The number of carbonyl (C=O) groups is 2. The Bertz CT molecular complexity index is 616. The number of halogens is 1. The number of nitrogens with one attached hydrogen (secondary N) is 1. The zero-order valence-electron chi connectivity index (χ0n) is 17.0. The molecule has 0 spiro atoms. The summed E-state index contributed by atoms with van der Waals surface area (Å²) < 4.78 is 11.5. The van der Waals surface area contributed by atoms with Gasteiger partial charge < -0.3 is 19.7 Å². The van der Waals surface area contributed by atoms with Gasteiger partial charge in [-0.25, -0.2) is 0 Å². The molecule has 2 rings (SSSR count). The van der Waals surface area contributed by atoms with Gasteiger partial charge in [0.1, 0.15) is 0 Å². The third kappa shape index (κ3) is 7.68. The van der Waals surface area contributed by atoms with Gasteiger partial charge in [-0.05, 0) is 44.0 Å². The Morgan fingerprint density at radius 3 is 2.43 bits per heavy atom. The van der Waals surface area contributed by atoms with Gasteiger partial charge in [-0.3, -0.25) is 9.59 Å². The summed E-state index contributed by atoms with van der Waals surface area (Å²) in [6.45, 7) is 8.49. The molecule has 0 saturated carbocycles. The average molecular weight is 413 g/mol. The minimum Gasteiger partial charge on any atom is -0.490 e. The number of benzene rings is 1. The monoisotopic (exact) mass is 412 g/mol. The van der Waals surface area contributed by atoms with Gasteiger partial charge in [-0.15, -0.1) is 12.4 Å². The van der Waals surface area contributed by atoms with E-state index in [-0.39, 0.29) is 36.9 Å². The second kappa shape index (κ2) is 13.4. The first kappa shape index (κ1) is 24.2. The molecule has 0 atom stereocenters. The highest BCUT2D eigenvalue weighted by Crippen LogP contribution is 2.29. The van der Waals surface area contributed by atoms with Crippen molar-refractivity contribution in [3.05, 3.63) is 23.8 Å². The quantitative estimate of drug-likeness (QED) is 0.596. The molecule has 1 aliphatic rings. The van der Waals surface area contributed by atoms with Crippen LogP contribution in [0.3, 0.4) is 0 Å². The third-order valence-corrected chi connectivity index (χ3v) is 4.45. The molecule has 1 aliphatic heterocycles. The fourth-order valence-corrected chi connectivity index (χ4v) is 2.96. The number of ketones is 1. The number of ether oxygens (including phenoxy) is 2. The number of rotatable bonds is 10. The van der Waals surface area contributed by atoms with Crippen molar-refractivity contribution in [2.75, 3.05) is 39.4 Å². The summed E-state index contributed by atoms with van der Waals surface area (Å²) in [6, 6.07) is 5.28. The minimum atomic E-state index is -0.0420. The third-order valence-electron chi connectivity index (χ3n) is 4.45. The number of Topliss-reactive ketones (excluding diaryl/α,β-unsaturated/α-hetero) is 1. The molecule has 0 radical (unpaired) electrons. The minimum absolute atomic E-state index is 0. The first-order chi connectivity index (χ1) is 13.2. The summed E-state index contributed by atoms with van der Waals surface area (Å²) in [5.41, 5.74) is 0.565. The van der Waals surface area contributed by atoms with Gasteiger partial charge in [0.15, 0.2) is 17.3 Å². The molecule has 0 bridgehead atoms. The predicted octanol–water partition coefficient (Wildman–Crippen LogP) is 3.47. The highest BCUT2D eigenvalue weighted by molar-refractivity contribution is 5.98. The molecule has 1 aromatic rings. The van der Waals surface area contributed by atoms with Crippen molar-refractivity contribution >= 4 is 24.1 Å². The van der Waals surface area contributed by atoms with E-state index < -0.39 is 0 Å². The molecule has 1 heterocycles. The van der Waals surface area contributed by atoms with E-state index in [1.807, 2.05) is 18.7 Å². The summed E-state index contributed by atoms with van der Waals surface area (Å²) in [6.07, 6.45) is 3.20. The van der Waals surface area contributed by atoms with E-state index in [0.29, 0.717) is 36.8 Å². The van der Waals surface area contributed by atoms with Crippen LogP contribution < -0.4 is 14.8 Å². The Labute approximate surface area is 174 Å². The van der Waals surface area contributed by atoms with Crippen LogP contribution in [-0.2, 0) is 4.79 Å². The van der Waals surface area contributed by atoms with Gasteiger partial charge >= 0.3 is 0 Å². The summed E-state index contributed by atoms with van der Waals surface area (Å²) in [5, 5.41) is 3.28. The number of nitrogens with zero attached hydrogens (tertiary/aromatic N) is 1. The first-order valence-corrected chi connectivity index (χ1v) is 10.1. The zero-order chi connectivity index (χ0) is 19.5. The second-order valence-electron chi connectivity index (χ2n) is 6.77. The van der Waals surface area contributed by atoms with Crippen LogP contribution in [-0.4, -0.2) is 56.0 Å². The summed E-state index contributed by atoms with van der Waals surface area (Å²) in [5.74, 6) is 1.27. The van der Waals surface area contributed by atoms with Gasteiger partial charge in [0.25, 0.3) is 0 Å². The predicted molar refractivity (Wildman–Crippen MR) is 113 cm³/mol. The molecule has 1 amide bonds. The molecule has 1 N–H and O–H groups in total. The molecule has 7 heteroatoms. The maximum absolute atomic E-state index is 12.6. The van der Waals surface area contributed by atoms with Crippen LogP contribution in [0.1, 0.15) is 56.3 Å². The van der Waals surface area contributed by atoms with Crippen molar-refractivity contribution in [1.29, 1.82) is 0 Å². The fraction of sp³-hybridized carbons (Fsp3) is 0.619. The van der Waals surface area contributed by atoms with E-state index in [0.717, 1.165) is 38.9 Å². The van der Waals surface area contributed by atoms with Crippen LogP contribution in [0.4, 0.5) is 0 Å². The SMILES string of the molecule is CCCOc1ccc(C(=O)CCC(=O)N2CCCNCC2)cc1OCCC.Cl. The number of hydrogen-bond donors (Lipinski definition) is 1. The Morgan fingerprint density at radius 2 is 1.71 bits per heavy atom. The van der Waals surface area contributed by atoms with E-state index in [1.54, 1.807) is 18.2 Å². The fourth-order valence-electron chi connectivity index (χ4n) is 2.96. The molecule has 1 fully saturated rings. The van der Waals surface area contributed by atoms with Crippen LogP contribution in [0.2, 0.25) is 0 Å². The zero-order valence-corrected chi connectivity index (χ0v) is 17.8. The molecule has 158 valence electrons. The Hall–Kier alpha value is -1.79. The van der Waals surface area contributed by atoms with Crippen molar-refractivity contribution < 1.29 is 19.1 Å². The normalized spacial score (nSPS) is 14.0. The second-order valence-corrected chi connectivity index (χ2v) is 6.77. The molecule has 1 saturated heterocycles. The highest BCUT2D eigenvalue weighted by Gasteiger charge is 2.18. The largest absolute Gasteiger partial charge is 0.490 e. The molecule has 6 nitrogen and oxygen atoms in total. The molecule has 0 aromatic heterocycles. The smallest absolute Gasteiger partial charge is 0.223 e. The van der Waals surface area contributed by atoms with Crippen LogP contribution in [0.5, 0.6) is 11.5 Å². The number of amides is 1. The van der Waals surface area contributed by atoms with Crippen LogP contribution in [0.15, 0.2) is 18.2 Å². The van der Waals surface area contributed by atoms with Crippen LogP contribution >= 0.6 is 12.4 Å². The van der Waals surface area contributed by atoms with E-state index in [2.05, 4.69) is 5.32 Å². The highest BCUT2D eigenvalue weighted by atomic mass is 35.5. The first-order valence-electron chi connectivity index (χ1n) is 10.1. The van der Waals surface area contributed by atoms with E-state index >= 15 is 0 Å². The van der Waals surface area contributed by atoms with Crippen LogP contribution in [0, 0.1) is 0 Å². The van der Waals surface area contributed by atoms with Gasteiger partial charge in [-0.1, -0.05) is 13.8 Å². The standard InChI is InChI=1S/C21H32N2O4.ClH/c1-3-14-26-19-8-6-17(16-20(19)27-15-4-2)18(24)7-9-21(25)23-12-5-10-22-11-13-23;/h6,8,16,22H,3-5,7,9-15H2,1-2H3;1H. The lowest BCUT2D eigenvalue weighted by Crippen LogP contribution is -2.34. The topological polar surface area (TPSA) is 67.9 Å². The van der Waals surface area contributed by atoms with Crippen molar-refractivity contribution in [3.8, 4) is 11.5 Å². The van der Waals surface area contributed by atoms with Crippen molar-refractivity contribution in [3.63, 3.8) is 0 Å². The van der Waals surface area contributed by atoms with E-state index in [1.165, 1.54) is 0 Å². The van der Waals surface area contributed by atoms with E-state index in [9.17, 15) is 9.59 Å². The molecule has 0 unspecified atom stereocenters. The maximum atomic E-state index is 12.6. The molecule has 1 aromatic carbocycles. The Balaban J connectivity index is 0.00000392. The number of hydrogen-bond acceptors (Lipinski definition) is 5. The van der Waals surface area contributed by atoms with Gasteiger partial charge in [0.2, 0.25) is 5.91 Å². The Kier molecular flexibility index (Phi) is 11.6. The van der Waals surface area contributed by atoms with Gasteiger partial charge in [0.05, 0.1) is 13.2 Å². The number of carbonyl (C=O) groups excluding carboxylic acids is 2. The Morgan fingerprint density at radius 1 is 1.00 bits per heavy atom. The van der Waals surface area contributed by atoms with Gasteiger partial charge in [-0.2, -0.15) is 0 Å². The molecule has 0 aliphatic carbocycles. The lowest BCUT2D eigenvalue weighted by molar-refractivity contribution is -0.130. The summed E-state index contributed by atoms with van der Waals surface area (Å²) in [4.78, 5) is 26.8. The molecular weight excluding hydrogens is 380 g/mol. The lowest BCUT2D eigenvalue weighted by atomic mass is 10.1. The van der Waals surface area contributed by atoms with Crippen molar-refractivity contribution in [1.82, 2.24) is 10.2 Å². The molecular formula is C21H33ClN2O4. The average Bonchev–Trinajstić information content (AvgIpc) is 2.98. The summed E-state index contributed by atoms with van der Waals surface area (Å²) in [7, 11) is 0. The summed E-state index contributed by atoms with van der Waals surface area (Å²) >= 11 is 0. The van der Waals surface area contributed by atoms with E-state index in [4.69, 9.17) is 9.47 Å². The molecule has 28 heavy (non-hydrogen) atoms. The van der Waals surface area contributed by atoms with Crippen molar-refractivity contribution in [2.24, 2.45) is 0 Å². The van der Waals surface area contributed by atoms with Crippen molar-refractivity contribution in [2.45, 2.75) is 46.0 Å².